The number of nitrogens with one attached hydrogen (secondary N) is 2. The Bertz CT molecular complexity index is 472. The molecule has 2 amide bonds. The molecule has 0 aliphatic rings. The molecule has 1 aromatic rings. The molecule has 1 heterocycles. The summed E-state index contributed by atoms with van der Waals surface area (Å²) in [5, 5.41) is 18.3. The van der Waals surface area contributed by atoms with Gasteiger partial charge in [0.15, 0.2) is 0 Å². The van der Waals surface area contributed by atoms with Crippen molar-refractivity contribution in [2.75, 3.05) is 25.6 Å². The molecular formula is C13H22N4O4. The molecule has 3 N–H and O–H groups in total. The van der Waals surface area contributed by atoms with E-state index in [1.807, 2.05) is 0 Å². The van der Waals surface area contributed by atoms with Crippen LogP contribution in [0.3, 0.4) is 0 Å². The summed E-state index contributed by atoms with van der Waals surface area (Å²) >= 11 is 0. The van der Waals surface area contributed by atoms with Crippen LogP contribution in [0.2, 0.25) is 0 Å². The zero-order chi connectivity index (χ0) is 15.8. The number of carbonyl (C=O) groups is 2. The van der Waals surface area contributed by atoms with Crippen molar-refractivity contribution in [1.82, 2.24) is 15.1 Å². The van der Waals surface area contributed by atoms with Gasteiger partial charge in [0.25, 0.3) is 0 Å². The van der Waals surface area contributed by atoms with Crippen LogP contribution in [0.5, 0.6) is 0 Å². The van der Waals surface area contributed by atoms with E-state index < -0.39 is 17.9 Å². The van der Waals surface area contributed by atoms with Crippen molar-refractivity contribution in [2.24, 2.45) is 11.8 Å². The molecule has 0 fully saturated rings. The first-order valence-corrected chi connectivity index (χ1v) is 6.73. The van der Waals surface area contributed by atoms with Gasteiger partial charge in [-0.2, -0.15) is 5.10 Å². The minimum atomic E-state index is -0.919. The zero-order valence-corrected chi connectivity index (χ0v) is 12.5. The number of anilines is 1. The minimum absolute atomic E-state index is 0.0559. The van der Waals surface area contributed by atoms with Gasteiger partial charge in [0.05, 0.1) is 31.0 Å². The number of methoxy groups -OCH3 is 1. The Morgan fingerprint density at radius 2 is 2.19 bits per heavy atom. The summed E-state index contributed by atoms with van der Waals surface area (Å²) in [5.74, 6) is -1.59. The smallest absolute Gasteiger partial charge is 0.319 e. The summed E-state index contributed by atoms with van der Waals surface area (Å²) in [6.07, 6.45) is 3.20. The van der Waals surface area contributed by atoms with E-state index in [9.17, 15) is 9.59 Å². The Balaban J connectivity index is 2.42. The van der Waals surface area contributed by atoms with Crippen molar-refractivity contribution in [3.8, 4) is 0 Å². The third-order valence-corrected chi connectivity index (χ3v) is 3.02. The molecule has 1 rings (SSSR count). The van der Waals surface area contributed by atoms with Gasteiger partial charge in [0.2, 0.25) is 0 Å². The maximum Gasteiger partial charge on any atom is 0.319 e. The van der Waals surface area contributed by atoms with Crippen LogP contribution in [0.25, 0.3) is 0 Å². The van der Waals surface area contributed by atoms with E-state index in [4.69, 9.17) is 9.84 Å². The number of rotatable bonds is 8. The maximum absolute atomic E-state index is 11.7. The summed E-state index contributed by atoms with van der Waals surface area (Å²) in [5.41, 5.74) is 0.542. The number of carbonyl (C=O) groups excluding carboxylic acids is 1. The molecule has 1 atom stereocenters. The van der Waals surface area contributed by atoms with Crippen LogP contribution >= 0.6 is 0 Å². The fraction of sp³-hybridized carbons (Fsp3) is 0.615. The molecule has 0 spiro atoms. The van der Waals surface area contributed by atoms with Crippen LogP contribution < -0.4 is 10.6 Å². The second-order valence-corrected chi connectivity index (χ2v) is 5.01. The van der Waals surface area contributed by atoms with Gasteiger partial charge in [-0.15, -0.1) is 0 Å². The van der Waals surface area contributed by atoms with Crippen molar-refractivity contribution in [2.45, 2.75) is 20.4 Å². The first-order valence-electron chi connectivity index (χ1n) is 6.73. The summed E-state index contributed by atoms with van der Waals surface area (Å²) < 4.78 is 6.58. The number of hydrogen-bond donors (Lipinski definition) is 3. The fourth-order valence-electron chi connectivity index (χ4n) is 1.72. The lowest BCUT2D eigenvalue weighted by Crippen LogP contribution is -2.37. The quantitative estimate of drug-likeness (QED) is 0.664. The maximum atomic E-state index is 11.7. The Morgan fingerprint density at radius 1 is 1.48 bits per heavy atom. The Morgan fingerprint density at radius 3 is 2.76 bits per heavy atom. The van der Waals surface area contributed by atoms with E-state index in [0.717, 1.165) is 0 Å². The number of aromatic nitrogens is 2. The number of carboxylic acid groups (broad SMARTS) is 1. The van der Waals surface area contributed by atoms with Crippen LogP contribution in [-0.4, -0.2) is 47.1 Å². The molecule has 0 aliphatic heterocycles. The van der Waals surface area contributed by atoms with Gasteiger partial charge in [0.1, 0.15) is 0 Å². The highest BCUT2D eigenvalue weighted by Crippen LogP contribution is 2.10. The van der Waals surface area contributed by atoms with Crippen molar-refractivity contribution < 1.29 is 19.4 Å². The first-order chi connectivity index (χ1) is 9.93. The van der Waals surface area contributed by atoms with Crippen molar-refractivity contribution in [3.63, 3.8) is 0 Å². The number of amides is 2. The summed E-state index contributed by atoms with van der Waals surface area (Å²) in [7, 11) is 1.60. The molecule has 0 bridgehead atoms. The van der Waals surface area contributed by atoms with Crippen molar-refractivity contribution in [3.05, 3.63) is 12.4 Å². The third-order valence-electron chi connectivity index (χ3n) is 3.02. The predicted molar refractivity (Wildman–Crippen MR) is 77.1 cm³/mol. The van der Waals surface area contributed by atoms with Crippen LogP contribution in [0.1, 0.15) is 13.8 Å². The topological polar surface area (TPSA) is 105 Å². The molecule has 118 valence electrons. The monoisotopic (exact) mass is 298 g/mol. The molecule has 0 aromatic carbocycles. The van der Waals surface area contributed by atoms with E-state index >= 15 is 0 Å². The Labute approximate surface area is 123 Å². The number of carboxylic acids is 1. The number of urea groups is 1. The second-order valence-electron chi connectivity index (χ2n) is 5.01. The molecule has 0 saturated carbocycles. The lowest BCUT2D eigenvalue weighted by molar-refractivity contribution is -0.142. The van der Waals surface area contributed by atoms with Crippen molar-refractivity contribution >= 4 is 17.7 Å². The normalized spacial score (nSPS) is 12.2. The zero-order valence-electron chi connectivity index (χ0n) is 12.5. The van der Waals surface area contributed by atoms with Gasteiger partial charge in [-0.25, -0.2) is 4.79 Å². The van der Waals surface area contributed by atoms with Gasteiger partial charge >= 0.3 is 12.0 Å². The standard InChI is InChI=1S/C13H22N4O4/c1-9(2)11(12(18)19)7-14-13(20)16-10-6-15-17(8-10)4-5-21-3/h6,8-9,11H,4-5,7H2,1-3H3,(H,18,19)(H2,14,16,20). The average molecular weight is 298 g/mol. The first kappa shape index (κ1) is 17.0. The van der Waals surface area contributed by atoms with Crippen LogP contribution in [0.4, 0.5) is 10.5 Å². The third kappa shape index (κ3) is 5.82. The second kappa shape index (κ2) is 8.25. The summed E-state index contributed by atoms with van der Waals surface area (Å²) in [4.78, 5) is 22.7. The number of aliphatic carboxylic acids is 1. The predicted octanol–water partition coefficient (Wildman–Crippen LogP) is 1.01. The SMILES string of the molecule is COCCn1cc(NC(=O)NCC(C(=O)O)C(C)C)cn1. The van der Waals surface area contributed by atoms with E-state index in [0.29, 0.717) is 18.8 Å². The molecule has 0 saturated heterocycles. The van der Waals surface area contributed by atoms with E-state index in [1.165, 1.54) is 6.20 Å². The Hall–Kier alpha value is -2.09. The highest BCUT2D eigenvalue weighted by atomic mass is 16.5. The highest BCUT2D eigenvalue weighted by Gasteiger charge is 2.21. The van der Waals surface area contributed by atoms with Crippen molar-refractivity contribution in [1.29, 1.82) is 0 Å². The van der Waals surface area contributed by atoms with E-state index in [1.54, 1.807) is 31.8 Å². The molecule has 1 aromatic heterocycles. The molecule has 0 aliphatic carbocycles. The number of hydrogen-bond acceptors (Lipinski definition) is 4. The molecular weight excluding hydrogens is 276 g/mol. The Kier molecular flexibility index (Phi) is 6.67. The molecule has 8 heteroatoms. The van der Waals surface area contributed by atoms with Crippen LogP contribution in [0, 0.1) is 11.8 Å². The number of nitrogens with zero attached hydrogens (tertiary/aromatic N) is 2. The molecule has 21 heavy (non-hydrogen) atoms. The van der Waals surface area contributed by atoms with Gasteiger partial charge in [-0.05, 0) is 5.92 Å². The van der Waals surface area contributed by atoms with Gasteiger partial charge in [0, 0.05) is 19.9 Å². The summed E-state index contributed by atoms with van der Waals surface area (Å²) in [6, 6.07) is -0.451. The van der Waals surface area contributed by atoms with Gasteiger partial charge in [-0.1, -0.05) is 13.8 Å². The van der Waals surface area contributed by atoms with Gasteiger partial charge in [-0.3, -0.25) is 9.48 Å². The lowest BCUT2D eigenvalue weighted by Gasteiger charge is -2.16. The van der Waals surface area contributed by atoms with Gasteiger partial charge < -0.3 is 20.5 Å². The average Bonchev–Trinajstić information content (AvgIpc) is 2.83. The fourth-order valence-corrected chi connectivity index (χ4v) is 1.72. The minimum Gasteiger partial charge on any atom is -0.481 e. The largest absolute Gasteiger partial charge is 0.481 e. The van der Waals surface area contributed by atoms with E-state index in [2.05, 4.69) is 15.7 Å². The number of ether oxygens (including phenoxy) is 1. The highest BCUT2D eigenvalue weighted by molar-refractivity contribution is 5.89. The van der Waals surface area contributed by atoms with E-state index in [-0.39, 0.29) is 12.5 Å². The molecule has 0 radical (unpaired) electrons. The lowest BCUT2D eigenvalue weighted by atomic mass is 9.96. The molecule has 1 unspecified atom stereocenters. The van der Waals surface area contributed by atoms with Crippen LogP contribution in [-0.2, 0) is 16.1 Å². The summed E-state index contributed by atoms with van der Waals surface area (Å²) in [6.45, 7) is 4.81. The van der Waals surface area contributed by atoms with Crippen LogP contribution in [0.15, 0.2) is 12.4 Å². The molecule has 8 nitrogen and oxygen atoms in total.